The Bertz CT molecular complexity index is 492. The van der Waals surface area contributed by atoms with E-state index in [0.717, 1.165) is 16.7 Å². The molecule has 0 aromatic heterocycles. The standard InChI is InChI=1S/C15H19IO4/c1-10-5-11(2)7-12(6-10)8-15(16,14(18)20-4)9-13(17)19-3/h5-7H,8-9H2,1-4H3. The fourth-order valence-electron chi connectivity index (χ4n) is 2.19. The number of methoxy groups -OCH3 is 2. The first-order chi connectivity index (χ1) is 9.30. The van der Waals surface area contributed by atoms with Crippen molar-refractivity contribution in [3.63, 3.8) is 0 Å². The van der Waals surface area contributed by atoms with Crippen LogP contribution in [0.3, 0.4) is 0 Å². The lowest BCUT2D eigenvalue weighted by Crippen LogP contribution is -2.38. The van der Waals surface area contributed by atoms with Gasteiger partial charge in [0.2, 0.25) is 0 Å². The monoisotopic (exact) mass is 390 g/mol. The van der Waals surface area contributed by atoms with Gasteiger partial charge in [0.05, 0.1) is 20.6 Å². The van der Waals surface area contributed by atoms with Gasteiger partial charge in [0.15, 0.2) is 0 Å². The second kappa shape index (κ2) is 7.06. The molecule has 0 heterocycles. The van der Waals surface area contributed by atoms with Gasteiger partial charge in [-0.3, -0.25) is 9.59 Å². The fraction of sp³-hybridized carbons (Fsp3) is 0.467. The third-order valence-electron chi connectivity index (χ3n) is 2.97. The van der Waals surface area contributed by atoms with Gasteiger partial charge in [-0.15, -0.1) is 0 Å². The normalized spacial score (nSPS) is 13.4. The Morgan fingerprint density at radius 2 is 1.65 bits per heavy atom. The molecule has 0 saturated carbocycles. The summed E-state index contributed by atoms with van der Waals surface area (Å²) in [4.78, 5) is 23.6. The van der Waals surface area contributed by atoms with Crippen LogP contribution in [0, 0.1) is 13.8 Å². The molecule has 20 heavy (non-hydrogen) atoms. The fourth-order valence-corrected chi connectivity index (χ4v) is 3.16. The second-order valence-corrected chi connectivity index (χ2v) is 6.95. The molecular weight excluding hydrogens is 371 g/mol. The zero-order valence-electron chi connectivity index (χ0n) is 12.2. The number of ether oxygens (including phenoxy) is 2. The number of benzene rings is 1. The van der Waals surface area contributed by atoms with E-state index in [2.05, 4.69) is 10.8 Å². The van der Waals surface area contributed by atoms with Gasteiger partial charge in [0.25, 0.3) is 0 Å². The van der Waals surface area contributed by atoms with Gasteiger partial charge in [-0.2, -0.15) is 0 Å². The summed E-state index contributed by atoms with van der Waals surface area (Å²) < 4.78 is 8.57. The molecule has 1 atom stereocenters. The molecule has 0 spiro atoms. The van der Waals surface area contributed by atoms with Crippen LogP contribution in [-0.2, 0) is 25.5 Å². The van der Waals surface area contributed by atoms with Crippen molar-refractivity contribution in [2.75, 3.05) is 14.2 Å². The number of esters is 2. The van der Waals surface area contributed by atoms with Crippen molar-refractivity contribution in [3.8, 4) is 0 Å². The van der Waals surface area contributed by atoms with Crippen LogP contribution < -0.4 is 0 Å². The SMILES string of the molecule is COC(=O)CC(I)(Cc1cc(C)cc(C)c1)C(=O)OC. The lowest BCUT2D eigenvalue weighted by molar-refractivity contribution is -0.149. The molecule has 1 rings (SSSR count). The molecule has 0 radical (unpaired) electrons. The maximum Gasteiger partial charge on any atom is 0.322 e. The highest BCUT2D eigenvalue weighted by Crippen LogP contribution is 2.31. The van der Waals surface area contributed by atoms with E-state index < -0.39 is 15.4 Å². The minimum Gasteiger partial charge on any atom is -0.469 e. The van der Waals surface area contributed by atoms with Crippen LogP contribution in [0.4, 0.5) is 0 Å². The average molecular weight is 390 g/mol. The summed E-state index contributed by atoms with van der Waals surface area (Å²) in [5.41, 5.74) is 3.26. The Hall–Kier alpha value is -1.11. The lowest BCUT2D eigenvalue weighted by atomic mass is 9.94. The Balaban J connectivity index is 3.05. The highest BCUT2D eigenvalue weighted by Gasteiger charge is 2.39. The van der Waals surface area contributed by atoms with Crippen molar-refractivity contribution < 1.29 is 19.1 Å². The maximum atomic E-state index is 12.0. The van der Waals surface area contributed by atoms with Crippen molar-refractivity contribution >= 4 is 34.5 Å². The Kier molecular flexibility index (Phi) is 5.98. The van der Waals surface area contributed by atoms with Crippen molar-refractivity contribution in [1.29, 1.82) is 0 Å². The molecule has 1 aromatic carbocycles. The number of hydrogen-bond acceptors (Lipinski definition) is 4. The molecule has 0 aliphatic carbocycles. The van der Waals surface area contributed by atoms with Gasteiger partial charge in [-0.25, -0.2) is 0 Å². The number of halogens is 1. The summed E-state index contributed by atoms with van der Waals surface area (Å²) in [6.07, 6.45) is 0.418. The van der Waals surface area contributed by atoms with Gasteiger partial charge >= 0.3 is 11.9 Å². The summed E-state index contributed by atoms with van der Waals surface area (Å²) in [5, 5.41) is 0. The van der Waals surface area contributed by atoms with Crippen molar-refractivity contribution in [1.82, 2.24) is 0 Å². The topological polar surface area (TPSA) is 52.6 Å². The van der Waals surface area contributed by atoms with Gasteiger partial charge in [0, 0.05) is 0 Å². The van der Waals surface area contributed by atoms with E-state index in [1.807, 2.05) is 48.6 Å². The third-order valence-corrected chi connectivity index (χ3v) is 4.17. The van der Waals surface area contributed by atoms with Crippen LogP contribution in [0.1, 0.15) is 23.1 Å². The van der Waals surface area contributed by atoms with Gasteiger partial charge < -0.3 is 9.47 Å². The first-order valence-electron chi connectivity index (χ1n) is 6.22. The van der Waals surface area contributed by atoms with Crippen LogP contribution in [0.15, 0.2) is 18.2 Å². The lowest BCUT2D eigenvalue weighted by Gasteiger charge is -2.24. The number of aryl methyl sites for hydroxylation is 2. The zero-order chi connectivity index (χ0) is 15.3. The van der Waals surface area contributed by atoms with Gasteiger partial charge in [-0.05, 0) is 25.8 Å². The minimum absolute atomic E-state index is 0.0102. The van der Waals surface area contributed by atoms with E-state index in [9.17, 15) is 9.59 Å². The summed E-state index contributed by atoms with van der Waals surface area (Å²) in [6.45, 7) is 4.01. The molecule has 1 unspecified atom stereocenters. The Morgan fingerprint density at radius 3 is 2.10 bits per heavy atom. The van der Waals surface area contributed by atoms with Crippen LogP contribution in [0.25, 0.3) is 0 Å². The summed E-state index contributed by atoms with van der Waals surface area (Å²) in [6, 6.07) is 6.10. The molecule has 0 amide bonds. The highest BCUT2D eigenvalue weighted by atomic mass is 127. The van der Waals surface area contributed by atoms with E-state index in [1.54, 1.807) is 0 Å². The predicted octanol–water partition coefficient (Wildman–Crippen LogP) is 2.76. The minimum atomic E-state index is -0.945. The molecule has 0 aliphatic heterocycles. The van der Waals surface area contributed by atoms with Crippen molar-refractivity contribution in [2.45, 2.75) is 30.1 Å². The third kappa shape index (κ3) is 4.47. The summed E-state index contributed by atoms with van der Waals surface area (Å²) >= 11 is 1.99. The quantitative estimate of drug-likeness (QED) is 0.441. The molecule has 0 bridgehead atoms. The van der Waals surface area contributed by atoms with E-state index in [-0.39, 0.29) is 6.42 Å². The van der Waals surface area contributed by atoms with Crippen LogP contribution in [-0.4, -0.2) is 29.6 Å². The van der Waals surface area contributed by atoms with Crippen LogP contribution in [0.5, 0.6) is 0 Å². The van der Waals surface area contributed by atoms with Gasteiger partial charge in [0.1, 0.15) is 3.42 Å². The molecule has 0 fully saturated rings. The number of carbonyl (C=O) groups excluding carboxylic acids is 2. The first-order valence-corrected chi connectivity index (χ1v) is 7.30. The number of alkyl halides is 1. The molecule has 0 aliphatic rings. The van der Waals surface area contributed by atoms with E-state index in [1.165, 1.54) is 14.2 Å². The first kappa shape index (κ1) is 16.9. The Labute approximate surface area is 133 Å². The maximum absolute atomic E-state index is 12.0. The zero-order valence-corrected chi connectivity index (χ0v) is 14.3. The molecular formula is C15H19IO4. The Morgan fingerprint density at radius 1 is 1.10 bits per heavy atom. The number of hydrogen-bond donors (Lipinski definition) is 0. The van der Waals surface area contributed by atoms with E-state index >= 15 is 0 Å². The van der Waals surface area contributed by atoms with Gasteiger partial charge in [-0.1, -0.05) is 51.9 Å². The van der Waals surface area contributed by atoms with Crippen molar-refractivity contribution in [3.05, 3.63) is 34.9 Å². The van der Waals surface area contributed by atoms with Crippen LogP contribution >= 0.6 is 22.6 Å². The number of carbonyl (C=O) groups is 2. The highest BCUT2D eigenvalue weighted by molar-refractivity contribution is 14.1. The van der Waals surface area contributed by atoms with Crippen molar-refractivity contribution in [2.24, 2.45) is 0 Å². The smallest absolute Gasteiger partial charge is 0.322 e. The molecule has 4 nitrogen and oxygen atoms in total. The van der Waals surface area contributed by atoms with E-state index in [0.29, 0.717) is 6.42 Å². The average Bonchev–Trinajstić information content (AvgIpc) is 2.35. The molecule has 110 valence electrons. The summed E-state index contributed by atoms with van der Waals surface area (Å²) in [5.74, 6) is -0.836. The van der Waals surface area contributed by atoms with E-state index in [4.69, 9.17) is 4.74 Å². The molecule has 0 saturated heterocycles. The predicted molar refractivity (Wildman–Crippen MR) is 85.0 cm³/mol. The molecule has 0 N–H and O–H groups in total. The summed E-state index contributed by atoms with van der Waals surface area (Å²) in [7, 11) is 2.64. The molecule has 5 heteroatoms. The van der Waals surface area contributed by atoms with Crippen LogP contribution in [0.2, 0.25) is 0 Å². The second-order valence-electron chi connectivity index (χ2n) is 4.88. The largest absolute Gasteiger partial charge is 0.469 e. The number of rotatable bonds is 5. The molecule has 1 aromatic rings.